The van der Waals surface area contributed by atoms with Gasteiger partial charge in [0.25, 0.3) is 0 Å². The summed E-state index contributed by atoms with van der Waals surface area (Å²) in [4.78, 5) is 13.8. The van der Waals surface area contributed by atoms with E-state index in [2.05, 4.69) is 19.9 Å². The van der Waals surface area contributed by atoms with E-state index in [0.29, 0.717) is 32.0 Å². The molecule has 0 rings (SSSR count). The molecule has 0 aliphatic heterocycles. The zero-order valence-electron chi connectivity index (χ0n) is 10.6. The molecule has 0 saturated heterocycles. The van der Waals surface area contributed by atoms with Crippen LogP contribution in [0.25, 0.3) is 0 Å². The maximum Gasteiger partial charge on any atom is 0.226 e. The largest absolute Gasteiger partial charge is 0.342 e. The first-order valence-electron chi connectivity index (χ1n) is 5.92. The molecule has 0 radical (unpaired) electrons. The van der Waals surface area contributed by atoms with Crippen molar-refractivity contribution in [1.29, 1.82) is 5.26 Å². The van der Waals surface area contributed by atoms with Gasteiger partial charge in [-0.3, -0.25) is 4.79 Å². The van der Waals surface area contributed by atoms with E-state index in [-0.39, 0.29) is 11.8 Å². The third kappa shape index (κ3) is 5.13. The Kier molecular flexibility index (Phi) is 7.57. The number of nitriles is 1. The van der Waals surface area contributed by atoms with Crippen molar-refractivity contribution in [2.45, 2.75) is 33.6 Å². The quantitative estimate of drug-likeness (QED) is 0.711. The monoisotopic (exact) mass is 225 g/mol. The molecule has 0 spiro atoms. The average Bonchev–Trinajstić information content (AvgIpc) is 2.26. The van der Waals surface area contributed by atoms with Gasteiger partial charge in [0.15, 0.2) is 0 Å². The summed E-state index contributed by atoms with van der Waals surface area (Å²) in [5.41, 5.74) is 5.63. The van der Waals surface area contributed by atoms with Crippen LogP contribution in [0, 0.1) is 23.2 Å². The fourth-order valence-electron chi connectivity index (χ4n) is 1.73. The smallest absolute Gasteiger partial charge is 0.226 e. The molecule has 0 fully saturated rings. The second-order valence-corrected chi connectivity index (χ2v) is 4.39. The fraction of sp³-hybridized carbons (Fsp3) is 0.833. The van der Waals surface area contributed by atoms with Gasteiger partial charge in [0.1, 0.15) is 0 Å². The number of carbonyl (C=O) groups excluding carboxylic acids is 1. The number of hydrogen-bond donors (Lipinski definition) is 1. The van der Waals surface area contributed by atoms with Crippen molar-refractivity contribution in [3.8, 4) is 6.07 Å². The first-order chi connectivity index (χ1) is 7.56. The van der Waals surface area contributed by atoms with Crippen LogP contribution < -0.4 is 5.73 Å². The Morgan fingerprint density at radius 1 is 1.50 bits per heavy atom. The van der Waals surface area contributed by atoms with Gasteiger partial charge in [0.05, 0.1) is 18.4 Å². The van der Waals surface area contributed by atoms with Crippen molar-refractivity contribution in [2.75, 3.05) is 19.6 Å². The molecule has 0 aliphatic rings. The van der Waals surface area contributed by atoms with E-state index in [1.165, 1.54) is 0 Å². The topological polar surface area (TPSA) is 70.1 Å². The standard InChI is InChI=1S/C12H23N3O/c1-4-15(7-5-6-13)12(16)11(9-14)8-10(2)3/h10-11H,4-5,7-9,14H2,1-3H3. The molecule has 1 atom stereocenters. The molecule has 0 heterocycles. The first kappa shape index (κ1) is 14.9. The Labute approximate surface area is 98.4 Å². The molecule has 0 bridgehead atoms. The van der Waals surface area contributed by atoms with Crippen molar-refractivity contribution in [2.24, 2.45) is 17.6 Å². The van der Waals surface area contributed by atoms with Crippen LogP contribution in [0.4, 0.5) is 0 Å². The summed E-state index contributed by atoms with van der Waals surface area (Å²) in [5.74, 6) is 0.458. The Balaban J connectivity index is 4.39. The lowest BCUT2D eigenvalue weighted by Gasteiger charge is -2.25. The zero-order chi connectivity index (χ0) is 12.6. The second-order valence-electron chi connectivity index (χ2n) is 4.39. The van der Waals surface area contributed by atoms with Crippen LogP contribution in [0.2, 0.25) is 0 Å². The van der Waals surface area contributed by atoms with Crippen molar-refractivity contribution in [3.63, 3.8) is 0 Å². The molecule has 4 nitrogen and oxygen atoms in total. The highest BCUT2D eigenvalue weighted by molar-refractivity contribution is 5.79. The van der Waals surface area contributed by atoms with Crippen LogP contribution in [0.5, 0.6) is 0 Å². The van der Waals surface area contributed by atoms with Crippen molar-refractivity contribution in [3.05, 3.63) is 0 Å². The van der Waals surface area contributed by atoms with Gasteiger partial charge in [-0.1, -0.05) is 13.8 Å². The number of carbonyl (C=O) groups is 1. The van der Waals surface area contributed by atoms with E-state index in [1.54, 1.807) is 4.90 Å². The molecule has 0 aromatic heterocycles. The van der Waals surface area contributed by atoms with Gasteiger partial charge in [-0.05, 0) is 19.3 Å². The van der Waals surface area contributed by atoms with E-state index < -0.39 is 0 Å². The maximum atomic E-state index is 12.1. The highest BCUT2D eigenvalue weighted by Crippen LogP contribution is 2.13. The van der Waals surface area contributed by atoms with Gasteiger partial charge in [-0.2, -0.15) is 5.26 Å². The van der Waals surface area contributed by atoms with E-state index >= 15 is 0 Å². The van der Waals surface area contributed by atoms with Gasteiger partial charge in [0.2, 0.25) is 5.91 Å². The molecule has 0 saturated carbocycles. The lowest BCUT2D eigenvalue weighted by molar-refractivity contribution is -0.135. The van der Waals surface area contributed by atoms with E-state index in [4.69, 9.17) is 11.0 Å². The minimum atomic E-state index is -0.0985. The third-order valence-electron chi connectivity index (χ3n) is 2.58. The zero-order valence-corrected chi connectivity index (χ0v) is 10.6. The summed E-state index contributed by atoms with van der Waals surface area (Å²) >= 11 is 0. The van der Waals surface area contributed by atoms with Gasteiger partial charge < -0.3 is 10.6 Å². The molecule has 16 heavy (non-hydrogen) atoms. The summed E-state index contributed by atoms with van der Waals surface area (Å²) in [6.45, 7) is 7.65. The Bertz CT molecular complexity index is 245. The number of nitrogens with zero attached hydrogens (tertiary/aromatic N) is 2. The normalized spacial score (nSPS) is 12.2. The molecule has 0 aliphatic carbocycles. The highest BCUT2D eigenvalue weighted by atomic mass is 16.2. The maximum absolute atomic E-state index is 12.1. The molecule has 0 aromatic carbocycles. The van der Waals surface area contributed by atoms with Gasteiger partial charge >= 0.3 is 0 Å². The lowest BCUT2D eigenvalue weighted by atomic mass is 9.96. The number of nitrogens with two attached hydrogens (primary N) is 1. The van der Waals surface area contributed by atoms with Crippen LogP contribution in [0.1, 0.15) is 33.6 Å². The summed E-state index contributed by atoms with van der Waals surface area (Å²) in [6.07, 6.45) is 1.21. The highest BCUT2D eigenvalue weighted by Gasteiger charge is 2.22. The third-order valence-corrected chi connectivity index (χ3v) is 2.58. The van der Waals surface area contributed by atoms with Crippen LogP contribution in [-0.2, 0) is 4.79 Å². The molecular weight excluding hydrogens is 202 g/mol. The predicted molar refractivity (Wildman–Crippen MR) is 64.5 cm³/mol. The summed E-state index contributed by atoms with van der Waals surface area (Å²) in [5, 5.41) is 8.52. The molecular formula is C12H23N3O. The first-order valence-corrected chi connectivity index (χ1v) is 5.92. The number of hydrogen-bond acceptors (Lipinski definition) is 3. The van der Waals surface area contributed by atoms with Crippen molar-refractivity contribution >= 4 is 5.91 Å². The Morgan fingerprint density at radius 3 is 2.50 bits per heavy atom. The summed E-state index contributed by atoms with van der Waals surface area (Å²) in [7, 11) is 0. The molecule has 4 heteroatoms. The minimum Gasteiger partial charge on any atom is -0.342 e. The lowest BCUT2D eigenvalue weighted by Crippen LogP contribution is -2.40. The van der Waals surface area contributed by atoms with Gasteiger partial charge in [0, 0.05) is 19.6 Å². The molecule has 1 unspecified atom stereocenters. The van der Waals surface area contributed by atoms with E-state index in [0.717, 1.165) is 6.42 Å². The molecule has 2 N–H and O–H groups in total. The van der Waals surface area contributed by atoms with Gasteiger partial charge in [-0.15, -0.1) is 0 Å². The van der Waals surface area contributed by atoms with Crippen LogP contribution in [0.3, 0.4) is 0 Å². The SMILES string of the molecule is CCN(CCC#N)C(=O)C(CN)CC(C)C. The molecule has 92 valence electrons. The summed E-state index contributed by atoms with van der Waals surface area (Å²) in [6, 6.07) is 2.06. The van der Waals surface area contributed by atoms with Crippen LogP contribution >= 0.6 is 0 Å². The van der Waals surface area contributed by atoms with Crippen molar-refractivity contribution in [1.82, 2.24) is 4.90 Å². The predicted octanol–water partition coefficient (Wildman–Crippen LogP) is 1.37. The van der Waals surface area contributed by atoms with Crippen LogP contribution in [0.15, 0.2) is 0 Å². The minimum absolute atomic E-state index is 0.0916. The van der Waals surface area contributed by atoms with Gasteiger partial charge in [-0.25, -0.2) is 0 Å². The summed E-state index contributed by atoms with van der Waals surface area (Å²) < 4.78 is 0. The van der Waals surface area contributed by atoms with E-state index in [9.17, 15) is 4.79 Å². The average molecular weight is 225 g/mol. The number of rotatable bonds is 7. The van der Waals surface area contributed by atoms with Crippen LogP contribution in [-0.4, -0.2) is 30.4 Å². The number of amides is 1. The molecule has 1 amide bonds. The Hall–Kier alpha value is -1.08. The second kappa shape index (κ2) is 8.12. The molecule has 0 aromatic rings. The van der Waals surface area contributed by atoms with Crippen molar-refractivity contribution < 1.29 is 4.79 Å². The van der Waals surface area contributed by atoms with E-state index in [1.807, 2.05) is 6.92 Å². The fourth-order valence-corrected chi connectivity index (χ4v) is 1.73. The Morgan fingerprint density at radius 2 is 2.12 bits per heavy atom.